The van der Waals surface area contributed by atoms with Crippen LogP contribution in [0.1, 0.15) is 24.5 Å². The molecule has 1 N–H and O–H groups in total. The fourth-order valence-corrected chi connectivity index (χ4v) is 1.33. The van der Waals surface area contributed by atoms with E-state index in [4.69, 9.17) is 4.84 Å². The fraction of sp³-hybridized carbons (Fsp3) is 0.417. The van der Waals surface area contributed by atoms with Crippen LogP contribution in [0.3, 0.4) is 0 Å². The molecular formula is C12H17NO2. The maximum Gasteiger partial charge on any atom is 0.243 e. The van der Waals surface area contributed by atoms with E-state index in [9.17, 15) is 4.79 Å². The number of rotatable bonds is 5. The normalized spacial score (nSPS) is 10.0. The average Bonchev–Trinajstić information content (AvgIpc) is 2.23. The van der Waals surface area contributed by atoms with Crippen LogP contribution in [0.25, 0.3) is 0 Å². The van der Waals surface area contributed by atoms with Gasteiger partial charge in [-0.25, -0.2) is 5.48 Å². The lowest BCUT2D eigenvalue weighted by atomic mass is 10.1. The molecule has 0 aliphatic rings. The van der Waals surface area contributed by atoms with Crippen molar-refractivity contribution < 1.29 is 9.63 Å². The van der Waals surface area contributed by atoms with Gasteiger partial charge in [-0.15, -0.1) is 0 Å². The van der Waals surface area contributed by atoms with Gasteiger partial charge in [0.25, 0.3) is 0 Å². The molecule has 0 saturated heterocycles. The molecular weight excluding hydrogens is 190 g/mol. The first kappa shape index (κ1) is 11.7. The van der Waals surface area contributed by atoms with Crippen LogP contribution in [0.5, 0.6) is 0 Å². The van der Waals surface area contributed by atoms with Crippen molar-refractivity contribution in [3.05, 3.63) is 35.4 Å². The lowest BCUT2D eigenvalue weighted by Gasteiger charge is -2.04. The molecule has 1 aromatic rings. The number of amides is 1. The Morgan fingerprint density at radius 3 is 2.93 bits per heavy atom. The van der Waals surface area contributed by atoms with E-state index in [0.717, 1.165) is 6.42 Å². The summed E-state index contributed by atoms with van der Waals surface area (Å²) >= 11 is 0. The number of hydroxylamine groups is 1. The van der Waals surface area contributed by atoms with Crippen LogP contribution >= 0.6 is 0 Å². The standard InChI is InChI=1S/C12H17NO2/c1-3-15-13-12(14)8-7-11-6-4-5-10(2)9-11/h4-6,9H,3,7-8H2,1-2H3,(H,13,14). The van der Waals surface area contributed by atoms with E-state index < -0.39 is 0 Å². The summed E-state index contributed by atoms with van der Waals surface area (Å²) in [4.78, 5) is 16.0. The highest BCUT2D eigenvalue weighted by Gasteiger charge is 2.01. The van der Waals surface area contributed by atoms with Crippen molar-refractivity contribution in [1.29, 1.82) is 0 Å². The number of benzene rings is 1. The number of aryl methyl sites for hydroxylation is 2. The van der Waals surface area contributed by atoms with Crippen molar-refractivity contribution in [2.24, 2.45) is 0 Å². The van der Waals surface area contributed by atoms with Gasteiger partial charge in [-0.2, -0.15) is 0 Å². The average molecular weight is 207 g/mol. The molecule has 1 aromatic carbocycles. The number of carbonyl (C=O) groups excluding carboxylic acids is 1. The molecule has 1 rings (SSSR count). The predicted octanol–water partition coefficient (Wildman–Crippen LogP) is 2.00. The minimum atomic E-state index is -0.0710. The Hall–Kier alpha value is -1.35. The summed E-state index contributed by atoms with van der Waals surface area (Å²) in [6.45, 7) is 4.38. The summed E-state index contributed by atoms with van der Waals surface area (Å²) in [7, 11) is 0. The predicted molar refractivity (Wildman–Crippen MR) is 59.3 cm³/mol. The summed E-state index contributed by atoms with van der Waals surface area (Å²) in [6.07, 6.45) is 1.21. The topological polar surface area (TPSA) is 38.3 Å². The van der Waals surface area contributed by atoms with Gasteiger partial charge >= 0.3 is 0 Å². The van der Waals surface area contributed by atoms with Crippen molar-refractivity contribution in [2.45, 2.75) is 26.7 Å². The zero-order valence-electron chi connectivity index (χ0n) is 9.25. The van der Waals surface area contributed by atoms with Gasteiger partial charge < -0.3 is 0 Å². The van der Waals surface area contributed by atoms with Gasteiger partial charge in [0.2, 0.25) is 5.91 Å². The molecule has 0 atom stereocenters. The Morgan fingerprint density at radius 2 is 2.27 bits per heavy atom. The van der Waals surface area contributed by atoms with Crippen LogP contribution in [0.15, 0.2) is 24.3 Å². The van der Waals surface area contributed by atoms with E-state index in [2.05, 4.69) is 11.5 Å². The van der Waals surface area contributed by atoms with Gasteiger partial charge in [-0.1, -0.05) is 29.8 Å². The second kappa shape index (κ2) is 6.19. The molecule has 0 saturated carbocycles. The summed E-state index contributed by atoms with van der Waals surface area (Å²) in [5, 5.41) is 0. The van der Waals surface area contributed by atoms with Gasteiger partial charge in [0.1, 0.15) is 0 Å². The first-order valence-electron chi connectivity index (χ1n) is 5.18. The third-order valence-electron chi connectivity index (χ3n) is 2.05. The fourth-order valence-electron chi connectivity index (χ4n) is 1.33. The molecule has 1 amide bonds. The van der Waals surface area contributed by atoms with Gasteiger partial charge in [0, 0.05) is 6.42 Å². The Kier molecular flexibility index (Phi) is 4.84. The van der Waals surface area contributed by atoms with Crippen molar-refractivity contribution in [1.82, 2.24) is 5.48 Å². The monoisotopic (exact) mass is 207 g/mol. The number of hydrogen-bond acceptors (Lipinski definition) is 2. The first-order valence-corrected chi connectivity index (χ1v) is 5.18. The largest absolute Gasteiger partial charge is 0.274 e. The van der Waals surface area contributed by atoms with Crippen LogP contribution in [0.2, 0.25) is 0 Å². The number of nitrogens with one attached hydrogen (secondary N) is 1. The van der Waals surface area contributed by atoms with E-state index >= 15 is 0 Å². The summed E-state index contributed by atoms with van der Waals surface area (Å²) < 4.78 is 0. The quantitative estimate of drug-likeness (QED) is 0.750. The highest BCUT2D eigenvalue weighted by molar-refractivity contribution is 5.75. The van der Waals surface area contributed by atoms with Gasteiger partial charge in [0.05, 0.1) is 6.61 Å². The molecule has 15 heavy (non-hydrogen) atoms. The first-order chi connectivity index (χ1) is 7.22. The Bertz CT molecular complexity index is 323. The summed E-state index contributed by atoms with van der Waals surface area (Å²) in [6, 6.07) is 8.17. The SMILES string of the molecule is CCONC(=O)CCc1cccc(C)c1. The van der Waals surface area contributed by atoms with E-state index in [1.54, 1.807) is 0 Å². The second-order valence-electron chi connectivity index (χ2n) is 3.45. The molecule has 0 heterocycles. The molecule has 0 radical (unpaired) electrons. The summed E-state index contributed by atoms with van der Waals surface area (Å²) in [5.74, 6) is -0.0710. The van der Waals surface area contributed by atoms with E-state index in [1.807, 2.05) is 32.0 Å². The lowest BCUT2D eigenvalue weighted by Crippen LogP contribution is -2.23. The molecule has 0 aromatic heterocycles. The van der Waals surface area contributed by atoms with Gasteiger partial charge in [-0.3, -0.25) is 9.63 Å². The van der Waals surface area contributed by atoms with Crippen LogP contribution in [0, 0.1) is 6.92 Å². The second-order valence-corrected chi connectivity index (χ2v) is 3.45. The van der Waals surface area contributed by atoms with Crippen molar-refractivity contribution in [3.63, 3.8) is 0 Å². The van der Waals surface area contributed by atoms with Crippen molar-refractivity contribution >= 4 is 5.91 Å². The van der Waals surface area contributed by atoms with Crippen LogP contribution in [0.4, 0.5) is 0 Å². The van der Waals surface area contributed by atoms with Gasteiger partial charge in [0.15, 0.2) is 0 Å². The molecule has 3 heteroatoms. The third-order valence-corrected chi connectivity index (χ3v) is 2.05. The molecule has 0 aliphatic carbocycles. The minimum Gasteiger partial charge on any atom is -0.274 e. The van der Waals surface area contributed by atoms with Crippen molar-refractivity contribution in [2.75, 3.05) is 6.61 Å². The Balaban J connectivity index is 2.33. The summed E-state index contributed by atoms with van der Waals surface area (Å²) in [5.41, 5.74) is 4.78. The molecule has 0 bridgehead atoms. The molecule has 0 fully saturated rings. The zero-order chi connectivity index (χ0) is 11.1. The highest BCUT2D eigenvalue weighted by Crippen LogP contribution is 2.06. The van der Waals surface area contributed by atoms with Crippen LogP contribution in [-0.2, 0) is 16.1 Å². The number of hydrogen-bond donors (Lipinski definition) is 1. The molecule has 0 aliphatic heterocycles. The van der Waals surface area contributed by atoms with Crippen LogP contribution < -0.4 is 5.48 Å². The Labute approximate surface area is 90.4 Å². The van der Waals surface area contributed by atoms with E-state index in [-0.39, 0.29) is 5.91 Å². The zero-order valence-corrected chi connectivity index (χ0v) is 9.25. The highest BCUT2D eigenvalue weighted by atomic mass is 16.6. The van der Waals surface area contributed by atoms with E-state index in [1.165, 1.54) is 11.1 Å². The molecule has 0 unspecified atom stereocenters. The molecule has 82 valence electrons. The minimum absolute atomic E-state index is 0.0710. The Morgan fingerprint density at radius 1 is 1.47 bits per heavy atom. The maximum absolute atomic E-state index is 11.2. The lowest BCUT2D eigenvalue weighted by molar-refractivity contribution is -0.133. The van der Waals surface area contributed by atoms with Gasteiger partial charge in [-0.05, 0) is 25.8 Å². The maximum atomic E-state index is 11.2. The van der Waals surface area contributed by atoms with Crippen LogP contribution in [-0.4, -0.2) is 12.5 Å². The third kappa shape index (κ3) is 4.61. The van der Waals surface area contributed by atoms with E-state index in [0.29, 0.717) is 13.0 Å². The smallest absolute Gasteiger partial charge is 0.243 e. The molecule has 0 spiro atoms. The molecule has 3 nitrogen and oxygen atoms in total. The number of carbonyl (C=O) groups is 1. The van der Waals surface area contributed by atoms with Crippen molar-refractivity contribution in [3.8, 4) is 0 Å².